The molecule has 0 amide bonds. The monoisotopic (exact) mass is 500 g/mol. The highest BCUT2D eigenvalue weighted by Gasteiger charge is 2.06. The topological polar surface area (TPSA) is 77.0 Å². The lowest BCUT2D eigenvalue weighted by Gasteiger charge is -2.14. The maximum Gasteiger partial charge on any atom is 0.213 e. The fraction of sp³-hybridized carbons (Fsp3) is 0.400. The Morgan fingerprint density at radius 2 is 1.64 bits per heavy atom. The van der Waals surface area contributed by atoms with Gasteiger partial charge in [-0.2, -0.15) is 0 Å². The van der Waals surface area contributed by atoms with Crippen molar-refractivity contribution in [3.05, 3.63) is 47.7 Å². The predicted molar refractivity (Wildman–Crippen MR) is 122 cm³/mol. The van der Waals surface area contributed by atoms with E-state index in [1.165, 1.54) is 0 Å². The van der Waals surface area contributed by atoms with Crippen LogP contribution in [0.15, 0.2) is 41.5 Å². The molecule has 1 heterocycles. The standard InChI is InChI=1S/C20H28N4O3.HI/c1-14(2)27-19-9-7-16(12-22-19)13-24-20(21-3)23-11-15-6-8-17(25-4)18(10-15)26-5;/h6-10,12,14H,11,13H2,1-5H3,(H2,21,23,24);1H. The zero-order valence-electron chi connectivity index (χ0n) is 17.0. The highest BCUT2D eigenvalue weighted by Crippen LogP contribution is 2.27. The van der Waals surface area contributed by atoms with Gasteiger partial charge in [0, 0.05) is 32.4 Å². The van der Waals surface area contributed by atoms with Crippen molar-refractivity contribution < 1.29 is 14.2 Å². The summed E-state index contributed by atoms with van der Waals surface area (Å²) in [5.41, 5.74) is 2.10. The van der Waals surface area contributed by atoms with E-state index < -0.39 is 0 Å². The average molecular weight is 500 g/mol. The number of hydrogen-bond donors (Lipinski definition) is 2. The van der Waals surface area contributed by atoms with E-state index in [9.17, 15) is 0 Å². The number of pyridine rings is 1. The molecule has 28 heavy (non-hydrogen) atoms. The second kappa shape index (κ2) is 12.3. The molecule has 0 bridgehead atoms. The van der Waals surface area contributed by atoms with Crippen molar-refractivity contribution in [1.82, 2.24) is 15.6 Å². The van der Waals surface area contributed by atoms with E-state index in [1.807, 2.05) is 44.2 Å². The largest absolute Gasteiger partial charge is 0.493 e. The van der Waals surface area contributed by atoms with Gasteiger partial charge in [0.05, 0.1) is 20.3 Å². The minimum Gasteiger partial charge on any atom is -0.493 e. The fourth-order valence-electron chi connectivity index (χ4n) is 2.41. The quantitative estimate of drug-likeness (QED) is 0.329. The lowest BCUT2D eigenvalue weighted by atomic mass is 10.2. The Bertz CT molecular complexity index is 752. The van der Waals surface area contributed by atoms with Crippen molar-refractivity contribution in [2.24, 2.45) is 4.99 Å². The first-order valence-electron chi connectivity index (χ1n) is 8.82. The minimum atomic E-state index is 0. The number of rotatable bonds is 8. The van der Waals surface area contributed by atoms with Crippen LogP contribution in [0.3, 0.4) is 0 Å². The van der Waals surface area contributed by atoms with E-state index in [2.05, 4.69) is 20.6 Å². The number of guanidine groups is 1. The van der Waals surface area contributed by atoms with Gasteiger partial charge in [0.25, 0.3) is 0 Å². The van der Waals surface area contributed by atoms with Gasteiger partial charge >= 0.3 is 0 Å². The maximum atomic E-state index is 5.55. The number of nitrogens with one attached hydrogen (secondary N) is 2. The minimum absolute atomic E-state index is 0. The SMILES string of the molecule is CN=C(NCc1ccc(OC(C)C)nc1)NCc1ccc(OC)c(OC)c1.I. The Balaban J connectivity index is 0.00000392. The molecule has 0 saturated carbocycles. The molecule has 0 aliphatic rings. The van der Waals surface area contributed by atoms with Crippen molar-refractivity contribution in [1.29, 1.82) is 0 Å². The zero-order valence-corrected chi connectivity index (χ0v) is 19.3. The Hall–Kier alpha value is -2.23. The molecule has 2 N–H and O–H groups in total. The zero-order chi connectivity index (χ0) is 19.6. The highest BCUT2D eigenvalue weighted by molar-refractivity contribution is 14.0. The van der Waals surface area contributed by atoms with E-state index in [0.717, 1.165) is 11.1 Å². The summed E-state index contributed by atoms with van der Waals surface area (Å²) in [6, 6.07) is 9.67. The number of aromatic nitrogens is 1. The molecule has 154 valence electrons. The number of ether oxygens (including phenoxy) is 3. The fourth-order valence-corrected chi connectivity index (χ4v) is 2.41. The summed E-state index contributed by atoms with van der Waals surface area (Å²) < 4.78 is 16.1. The first-order valence-corrected chi connectivity index (χ1v) is 8.82. The highest BCUT2D eigenvalue weighted by atomic mass is 127. The van der Waals surface area contributed by atoms with Gasteiger partial charge in [0.2, 0.25) is 5.88 Å². The number of benzene rings is 1. The van der Waals surface area contributed by atoms with Crippen molar-refractivity contribution in [2.75, 3.05) is 21.3 Å². The molecule has 2 rings (SSSR count). The first kappa shape index (κ1) is 23.8. The Labute approximate surface area is 183 Å². The van der Waals surface area contributed by atoms with E-state index >= 15 is 0 Å². The smallest absolute Gasteiger partial charge is 0.213 e. The summed E-state index contributed by atoms with van der Waals surface area (Å²) in [5.74, 6) is 2.74. The van der Waals surface area contributed by atoms with E-state index in [0.29, 0.717) is 36.4 Å². The Kier molecular flexibility index (Phi) is 10.4. The van der Waals surface area contributed by atoms with Crippen LogP contribution in [0, 0.1) is 0 Å². The Morgan fingerprint density at radius 1 is 1.00 bits per heavy atom. The van der Waals surface area contributed by atoms with E-state index in [4.69, 9.17) is 14.2 Å². The molecule has 0 atom stereocenters. The summed E-state index contributed by atoms with van der Waals surface area (Å²) in [5, 5.41) is 6.55. The molecule has 0 aliphatic carbocycles. The van der Waals surface area contributed by atoms with Crippen LogP contribution in [0.4, 0.5) is 0 Å². The van der Waals surface area contributed by atoms with Gasteiger partial charge in [-0.15, -0.1) is 24.0 Å². The van der Waals surface area contributed by atoms with Crippen LogP contribution in [0.1, 0.15) is 25.0 Å². The predicted octanol–water partition coefficient (Wildman–Crippen LogP) is 3.37. The molecule has 7 nitrogen and oxygen atoms in total. The third-order valence-electron chi connectivity index (χ3n) is 3.75. The third-order valence-corrected chi connectivity index (χ3v) is 3.75. The summed E-state index contributed by atoms with van der Waals surface area (Å²) in [4.78, 5) is 8.55. The molecule has 2 aromatic rings. The van der Waals surface area contributed by atoms with Crippen LogP contribution in [-0.4, -0.2) is 38.3 Å². The average Bonchev–Trinajstić information content (AvgIpc) is 2.68. The third kappa shape index (κ3) is 7.41. The van der Waals surface area contributed by atoms with Gasteiger partial charge in [-0.1, -0.05) is 12.1 Å². The number of halogens is 1. The molecule has 1 aromatic heterocycles. The van der Waals surface area contributed by atoms with Crippen LogP contribution in [0.25, 0.3) is 0 Å². The van der Waals surface area contributed by atoms with Crippen molar-refractivity contribution in [3.63, 3.8) is 0 Å². The van der Waals surface area contributed by atoms with Crippen LogP contribution < -0.4 is 24.8 Å². The van der Waals surface area contributed by atoms with Gasteiger partial charge in [0.1, 0.15) is 0 Å². The van der Waals surface area contributed by atoms with Crippen molar-refractivity contribution in [2.45, 2.75) is 33.0 Å². The number of aliphatic imine (C=N–C) groups is 1. The molecule has 0 unspecified atom stereocenters. The van der Waals surface area contributed by atoms with Crippen LogP contribution in [0.5, 0.6) is 17.4 Å². The molecule has 0 aliphatic heterocycles. The number of hydrogen-bond acceptors (Lipinski definition) is 5. The van der Waals surface area contributed by atoms with Gasteiger partial charge in [0.15, 0.2) is 17.5 Å². The second-order valence-electron chi connectivity index (χ2n) is 6.14. The lowest BCUT2D eigenvalue weighted by molar-refractivity contribution is 0.232. The van der Waals surface area contributed by atoms with Gasteiger partial charge in [-0.05, 0) is 37.1 Å². The molecule has 8 heteroatoms. The summed E-state index contributed by atoms with van der Waals surface area (Å²) in [7, 11) is 4.99. The van der Waals surface area contributed by atoms with Gasteiger partial charge in [-0.25, -0.2) is 4.98 Å². The van der Waals surface area contributed by atoms with Crippen molar-refractivity contribution >= 4 is 29.9 Å². The normalized spacial score (nSPS) is 10.9. The van der Waals surface area contributed by atoms with Gasteiger partial charge in [-0.3, -0.25) is 4.99 Å². The molecule has 0 saturated heterocycles. The second-order valence-corrected chi connectivity index (χ2v) is 6.14. The molecule has 0 radical (unpaired) electrons. The van der Waals surface area contributed by atoms with Crippen molar-refractivity contribution in [3.8, 4) is 17.4 Å². The summed E-state index contributed by atoms with van der Waals surface area (Å²) >= 11 is 0. The summed E-state index contributed by atoms with van der Waals surface area (Å²) in [6.07, 6.45) is 1.91. The van der Waals surface area contributed by atoms with E-state index in [1.54, 1.807) is 27.5 Å². The Morgan fingerprint density at radius 3 is 2.18 bits per heavy atom. The maximum absolute atomic E-state index is 5.55. The van der Waals surface area contributed by atoms with Crippen LogP contribution in [-0.2, 0) is 13.1 Å². The molecule has 0 spiro atoms. The molecular weight excluding hydrogens is 471 g/mol. The van der Waals surface area contributed by atoms with Gasteiger partial charge < -0.3 is 24.8 Å². The molecule has 1 aromatic carbocycles. The first-order chi connectivity index (χ1) is 13.0. The summed E-state index contributed by atoms with van der Waals surface area (Å²) in [6.45, 7) is 5.18. The van der Waals surface area contributed by atoms with Crippen LogP contribution >= 0.6 is 24.0 Å². The molecular formula is C20H29IN4O3. The number of nitrogens with zero attached hydrogens (tertiary/aromatic N) is 2. The lowest BCUT2D eigenvalue weighted by Crippen LogP contribution is -2.36. The molecule has 0 fully saturated rings. The van der Waals surface area contributed by atoms with E-state index in [-0.39, 0.29) is 30.1 Å². The van der Waals surface area contributed by atoms with Crippen LogP contribution in [0.2, 0.25) is 0 Å². The number of methoxy groups -OCH3 is 2.